The van der Waals surface area contributed by atoms with Gasteiger partial charge in [-0.05, 0) is 48.4 Å². The van der Waals surface area contributed by atoms with Crippen LogP contribution in [0.15, 0.2) is 51.6 Å². The molecule has 1 aliphatic rings. The highest BCUT2D eigenvalue weighted by Gasteiger charge is 2.22. The molecule has 0 N–H and O–H groups in total. The molecule has 1 aliphatic carbocycles. The van der Waals surface area contributed by atoms with Crippen LogP contribution >= 0.6 is 23.1 Å². The van der Waals surface area contributed by atoms with Crippen LogP contribution in [0, 0.1) is 5.82 Å². The van der Waals surface area contributed by atoms with Crippen LogP contribution in [0.25, 0.3) is 0 Å². The molecule has 1 aromatic carbocycles. The fraction of sp³-hybridized carbons (Fsp3) is 0.263. The topological polar surface area (TPSA) is 34.9 Å². The zero-order chi connectivity index (χ0) is 17.2. The molecule has 0 spiro atoms. The molecule has 4 rings (SSSR count). The molecule has 0 fully saturated rings. The molecule has 0 saturated heterocycles. The van der Waals surface area contributed by atoms with Crippen molar-refractivity contribution >= 4 is 23.1 Å². The normalized spacial score (nSPS) is 13.2. The number of hydrogen-bond acceptors (Lipinski definition) is 4. The molecule has 25 heavy (non-hydrogen) atoms. The van der Waals surface area contributed by atoms with Crippen molar-refractivity contribution in [1.29, 1.82) is 0 Å². The third-order valence-corrected chi connectivity index (χ3v) is 6.31. The molecule has 2 aromatic heterocycles. The van der Waals surface area contributed by atoms with Gasteiger partial charge >= 0.3 is 5.69 Å². The standard InChI is InChI=1S/C19H17FN2OS2/c20-14-5-1-4-13(10-14)12-25-18-16-7-2-8-17(16)22(19(23)21-18)11-15-6-3-9-24-15/h1,3-6,9-10H,2,7-8,11-12H2. The van der Waals surface area contributed by atoms with Gasteiger partial charge in [0.1, 0.15) is 10.8 Å². The molecule has 0 radical (unpaired) electrons. The minimum atomic E-state index is -0.234. The number of fused-ring (bicyclic) bond motifs is 1. The van der Waals surface area contributed by atoms with Crippen molar-refractivity contribution in [3.05, 3.63) is 79.8 Å². The molecule has 0 bridgehead atoms. The molecule has 0 atom stereocenters. The maximum absolute atomic E-state index is 13.3. The molecule has 0 saturated carbocycles. The van der Waals surface area contributed by atoms with Crippen molar-refractivity contribution < 1.29 is 4.39 Å². The molecule has 0 amide bonds. The van der Waals surface area contributed by atoms with Crippen LogP contribution in [-0.4, -0.2) is 9.55 Å². The van der Waals surface area contributed by atoms with E-state index in [4.69, 9.17) is 0 Å². The van der Waals surface area contributed by atoms with Crippen LogP contribution < -0.4 is 5.69 Å². The fourth-order valence-electron chi connectivity index (χ4n) is 3.21. The Kier molecular flexibility index (Phi) is 4.72. The van der Waals surface area contributed by atoms with Gasteiger partial charge < -0.3 is 0 Å². The minimum absolute atomic E-state index is 0.184. The summed E-state index contributed by atoms with van der Waals surface area (Å²) in [5.74, 6) is 0.383. The van der Waals surface area contributed by atoms with Crippen LogP contribution in [0.1, 0.15) is 28.1 Å². The summed E-state index contributed by atoms with van der Waals surface area (Å²) in [4.78, 5) is 18.1. The van der Waals surface area contributed by atoms with Gasteiger partial charge in [0, 0.05) is 21.9 Å². The van der Waals surface area contributed by atoms with E-state index >= 15 is 0 Å². The minimum Gasteiger partial charge on any atom is -0.291 e. The Morgan fingerprint density at radius 1 is 1.24 bits per heavy atom. The van der Waals surface area contributed by atoms with Crippen molar-refractivity contribution in [2.45, 2.75) is 36.6 Å². The number of aromatic nitrogens is 2. The Labute approximate surface area is 153 Å². The lowest BCUT2D eigenvalue weighted by atomic mass is 10.2. The molecule has 3 nitrogen and oxygen atoms in total. The van der Waals surface area contributed by atoms with Crippen LogP contribution in [0.4, 0.5) is 4.39 Å². The Morgan fingerprint density at radius 3 is 2.96 bits per heavy atom. The molecule has 0 aliphatic heterocycles. The van der Waals surface area contributed by atoms with E-state index in [-0.39, 0.29) is 11.5 Å². The lowest BCUT2D eigenvalue weighted by Gasteiger charge is -2.13. The van der Waals surface area contributed by atoms with Crippen molar-refractivity contribution in [2.75, 3.05) is 0 Å². The predicted octanol–water partition coefficient (Wildman–Crippen LogP) is 4.27. The van der Waals surface area contributed by atoms with E-state index in [1.165, 1.54) is 29.5 Å². The quantitative estimate of drug-likeness (QED) is 0.495. The average Bonchev–Trinajstić information content (AvgIpc) is 3.27. The Bertz CT molecular complexity index is 951. The zero-order valence-electron chi connectivity index (χ0n) is 13.6. The first-order chi connectivity index (χ1) is 12.2. The molecular weight excluding hydrogens is 355 g/mol. The molecule has 3 aromatic rings. The number of halogens is 1. The molecule has 2 heterocycles. The third-order valence-electron chi connectivity index (χ3n) is 4.36. The number of thiophene rings is 1. The zero-order valence-corrected chi connectivity index (χ0v) is 15.2. The molecular formula is C19H17FN2OS2. The summed E-state index contributed by atoms with van der Waals surface area (Å²) in [6.07, 6.45) is 2.93. The van der Waals surface area contributed by atoms with Gasteiger partial charge in [0.15, 0.2) is 0 Å². The molecule has 128 valence electrons. The van der Waals surface area contributed by atoms with Gasteiger partial charge in [0.2, 0.25) is 0 Å². The Morgan fingerprint density at radius 2 is 2.16 bits per heavy atom. The van der Waals surface area contributed by atoms with E-state index in [9.17, 15) is 9.18 Å². The Balaban J connectivity index is 1.62. The van der Waals surface area contributed by atoms with E-state index in [0.717, 1.165) is 40.4 Å². The number of benzene rings is 1. The number of hydrogen-bond donors (Lipinski definition) is 0. The van der Waals surface area contributed by atoms with Crippen LogP contribution in [0.5, 0.6) is 0 Å². The summed E-state index contributed by atoms with van der Waals surface area (Å²) in [6, 6.07) is 10.6. The van der Waals surface area contributed by atoms with Gasteiger partial charge in [-0.15, -0.1) is 23.1 Å². The summed E-state index contributed by atoms with van der Waals surface area (Å²) in [5, 5.41) is 2.83. The van der Waals surface area contributed by atoms with Crippen LogP contribution in [-0.2, 0) is 25.1 Å². The second-order valence-electron chi connectivity index (χ2n) is 6.06. The second-order valence-corrected chi connectivity index (χ2v) is 8.06. The van der Waals surface area contributed by atoms with E-state index in [2.05, 4.69) is 4.98 Å². The van der Waals surface area contributed by atoms with Gasteiger partial charge in [0.25, 0.3) is 0 Å². The highest BCUT2D eigenvalue weighted by atomic mass is 32.2. The lowest BCUT2D eigenvalue weighted by Crippen LogP contribution is -2.27. The summed E-state index contributed by atoms with van der Waals surface area (Å²) >= 11 is 3.19. The summed E-state index contributed by atoms with van der Waals surface area (Å²) in [6.45, 7) is 0.598. The highest BCUT2D eigenvalue weighted by molar-refractivity contribution is 7.98. The highest BCUT2D eigenvalue weighted by Crippen LogP contribution is 2.31. The van der Waals surface area contributed by atoms with E-state index < -0.39 is 0 Å². The number of rotatable bonds is 5. The average molecular weight is 372 g/mol. The first-order valence-corrected chi connectivity index (χ1v) is 10.1. The van der Waals surface area contributed by atoms with Gasteiger partial charge in [-0.25, -0.2) is 9.18 Å². The number of thioether (sulfide) groups is 1. The molecule has 0 unspecified atom stereocenters. The van der Waals surface area contributed by atoms with Gasteiger partial charge in [0.05, 0.1) is 6.54 Å². The second kappa shape index (κ2) is 7.14. The van der Waals surface area contributed by atoms with Crippen molar-refractivity contribution in [2.24, 2.45) is 0 Å². The van der Waals surface area contributed by atoms with Crippen molar-refractivity contribution in [3.8, 4) is 0 Å². The van der Waals surface area contributed by atoms with E-state index in [1.807, 2.05) is 28.1 Å². The largest absolute Gasteiger partial charge is 0.349 e. The predicted molar refractivity (Wildman–Crippen MR) is 99.9 cm³/mol. The van der Waals surface area contributed by atoms with E-state index in [0.29, 0.717) is 12.3 Å². The first kappa shape index (κ1) is 16.5. The fourth-order valence-corrected chi connectivity index (χ4v) is 4.92. The Hall–Kier alpha value is -1.92. The number of nitrogens with zero attached hydrogens (tertiary/aromatic N) is 2. The monoisotopic (exact) mass is 372 g/mol. The maximum atomic E-state index is 13.3. The van der Waals surface area contributed by atoms with Crippen molar-refractivity contribution in [3.63, 3.8) is 0 Å². The smallest absolute Gasteiger partial charge is 0.291 e. The van der Waals surface area contributed by atoms with Gasteiger partial charge in [-0.3, -0.25) is 4.57 Å². The van der Waals surface area contributed by atoms with Crippen molar-refractivity contribution in [1.82, 2.24) is 9.55 Å². The molecule has 6 heteroatoms. The summed E-state index contributed by atoms with van der Waals surface area (Å²) < 4.78 is 15.2. The SMILES string of the molecule is O=c1nc(SCc2cccc(F)c2)c2c(n1Cc1cccs1)CCC2. The van der Waals surface area contributed by atoms with Gasteiger partial charge in [-0.2, -0.15) is 4.98 Å². The van der Waals surface area contributed by atoms with Crippen LogP contribution in [0.2, 0.25) is 0 Å². The third kappa shape index (κ3) is 3.55. The summed E-state index contributed by atoms with van der Waals surface area (Å²) in [5.41, 5.74) is 3.03. The van der Waals surface area contributed by atoms with Gasteiger partial charge in [-0.1, -0.05) is 18.2 Å². The first-order valence-electron chi connectivity index (χ1n) is 8.23. The summed E-state index contributed by atoms with van der Waals surface area (Å²) in [7, 11) is 0. The maximum Gasteiger partial charge on any atom is 0.349 e. The van der Waals surface area contributed by atoms with E-state index in [1.54, 1.807) is 17.4 Å². The lowest BCUT2D eigenvalue weighted by molar-refractivity contribution is 0.626. The van der Waals surface area contributed by atoms with Crippen LogP contribution in [0.3, 0.4) is 0 Å².